The number of nitrogens with zero attached hydrogens (tertiary/aromatic N) is 2. The number of methoxy groups -OCH3 is 1. The van der Waals surface area contributed by atoms with Crippen molar-refractivity contribution in [3.63, 3.8) is 0 Å². The maximum Gasteiger partial charge on any atom is 0.225 e. The lowest BCUT2D eigenvalue weighted by molar-refractivity contribution is -0.135. The third kappa shape index (κ3) is 5.85. The van der Waals surface area contributed by atoms with Crippen molar-refractivity contribution in [1.82, 2.24) is 9.21 Å². The molecule has 0 aliphatic carbocycles. The van der Waals surface area contributed by atoms with E-state index in [2.05, 4.69) is 0 Å². The summed E-state index contributed by atoms with van der Waals surface area (Å²) in [6.45, 7) is 4.25. The SMILES string of the molecule is CCCCS(=O)(=O)N1CCC(C(=O)N(C)CCCOC)CC1. The first kappa shape index (κ1) is 19.4. The van der Waals surface area contributed by atoms with Crippen LogP contribution >= 0.6 is 0 Å². The van der Waals surface area contributed by atoms with Crippen LogP contribution < -0.4 is 0 Å². The van der Waals surface area contributed by atoms with Crippen molar-refractivity contribution in [3.8, 4) is 0 Å². The number of hydrogen-bond donors (Lipinski definition) is 0. The highest BCUT2D eigenvalue weighted by Gasteiger charge is 2.31. The molecule has 1 rings (SSSR count). The Bertz CT molecular complexity index is 431. The van der Waals surface area contributed by atoms with Crippen LogP contribution in [0.2, 0.25) is 0 Å². The van der Waals surface area contributed by atoms with Crippen molar-refractivity contribution in [2.75, 3.05) is 46.2 Å². The fraction of sp³-hybridized carbons (Fsp3) is 0.933. The second-order valence-corrected chi connectivity index (χ2v) is 8.04. The fourth-order valence-electron chi connectivity index (χ4n) is 2.70. The molecule has 1 saturated heterocycles. The molecule has 0 N–H and O–H groups in total. The molecule has 130 valence electrons. The Morgan fingerprint density at radius 1 is 1.27 bits per heavy atom. The van der Waals surface area contributed by atoms with E-state index in [1.165, 1.54) is 0 Å². The summed E-state index contributed by atoms with van der Waals surface area (Å²) in [7, 11) is 0.317. The van der Waals surface area contributed by atoms with Gasteiger partial charge in [-0.3, -0.25) is 4.79 Å². The minimum Gasteiger partial charge on any atom is -0.385 e. The van der Waals surface area contributed by atoms with Crippen LogP contribution in [0, 0.1) is 5.92 Å². The van der Waals surface area contributed by atoms with Gasteiger partial charge < -0.3 is 9.64 Å². The highest BCUT2D eigenvalue weighted by Crippen LogP contribution is 2.22. The Balaban J connectivity index is 2.42. The monoisotopic (exact) mass is 334 g/mol. The molecule has 0 atom stereocenters. The topological polar surface area (TPSA) is 66.9 Å². The van der Waals surface area contributed by atoms with E-state index in [1.54, 1.807) is 16.3 Å². The van der Waals surface area contributed by atoms with Crippen LogP contribution in [0.4, 0.5) is 0 Å². The number of unbranched alkanes of at least 4 members (excludes halogenated alkanes) is 1. The average Bonchev–Trinajstić information content (AvgIpc) is 2.52. The van der Waals surface area contributed by atoms with E-state index in [9.17, 15) is 13.2 Å². The molecule has 1 heterocycles. The standard InChI is InChI=1S/C15H30N2O4S/c1-4-5-13-22(19,20)17-10-7-14(8-11-17)15(18)16(2)9-6-12-21-3/h14H,4-13H2,1-3H3. The van der Waals surface area contributed by atoms with Gasteiger partial charge in [0.15, 0.2) is 0 Å². The van der Waals surface area contributed by atoms with E-state index in [1.807, 2.05) is 14.0 Å². The Hall–Kier alpha value is -0.660. The summed E-state index contributed by atoms with van der Waals surface area (Å²) >= 11 is 0. The largest absolute Gasteiger partial charge is 0.385 e. The van der Waals surface area contributed by atoms with Crippen LogP contribution in [0.1, 0.15) is 39.0 Å². The molecule has 0 bridgehead atoms. The summed E-state index contributed by atoms with van der Waals surface area (Å²) in [6.07, 6.45) is 3.64. The molecule has 1 aliphatic rings. The molecule has 1 amide bonds. The molecule has 1 aliphatic heterocycles. The van der Waals surface area contributed by atoms with Gasteiger partial charge in [0.05, 0.1) is 5.75 Å². The van der Waals surface area contributed by atoms with Crippen LogP contribution in [-0.4, -0.2) is 69.7 Å². The number of carbonyl (C=O) groups excluding carboxylic acids is 1. The molecule has 1 fully saturated rings. The van der Waals surface area contributed by atoms with Crippen LogP contribution in [0.5, 0.6) is 0 Å². The zero-order chi connectivity index (χ0) is 16.6. The summed E-state index contributed by atoms with van der Waals surface area (Å²) in [5.41, 5.74) is 0. The van der Waals surface area contributed by atoms with Gasteiger partial charge in [-0.2, -0.15) is 0 Å². The minimum absolute atomic E-state index is 0.0508. The van der Waals surface area contributed by atoms with Crippen LogP contribution in [-0.2, 0) is 19.6 Å². The van der Waals surface area contributed by atoms with Gasteiger partial charge in [0.25, 0.3) is 0 Å². The molecule has 0 spiro atoms. The normalized spacial score (nSPS) is 17.6. The Morgan fingerprint density at radius 2 is 1.91 bits per heavy atom. The quantitative estimate of drug-likeness (QED) is 0.597. The molecule has 6 nitrogen and oxygen atoms in total. The summed E-state index contributed by atoms with van der Waals surface area (Å²) in [5.74, 6) is 0.297. The lowest BCUT2D eigenvalue weighted by Gasteiger charge is -2.32. The summed E-state index contributed by atoms with van der Waals surface area (Å²) in [6, 6.07) is 0. The second-order valence-electron chi connectivity index (χ2n) is 5.95. The molecule has 0 radical (unpaired) electrons. The maximum absolute atomic E-state index is 12.3. The zero-order valence-electron chi connectivity index (χ0n) is 14.1. The average molecular weight is 334 g/mol. The number of carbonyl (C=O) groups is 1. The summed E-state index contributed by atoms with van der Waals surface area (Å²) in [4.78, 5) is 14.1. The van der Waals surface area contributed by atoms with Gasteiger partial charge in [-0.05, 0) is 25.7 Å². The molecular weight excluding hydrogens is 304 g/mol. The Labute approximate surface area is 134 Å². The van der Waals surface area contributed by atoms with Gasteiger partial charge in [-0.15, -0.1) is 0 Å². The Kier molecular flexibility index (Phi) is 8.35. The van der Waals surface area contributed by atoms with Crippen LogP contribution in [0.25, 0.3) is 0 Å². The zero-order valence-corrected chi connectivity index (χ0v) is 14.9. The highest BCUT2D eigenvalue weighted by molar-refractivity contribution is 7.89. The van der Waals surface area contributed by atoms with Crippen LogP contribution in [0.15, 0.2) is 0 Å². The minimum atomic E-state index is -3.14. The van der Waals surface area contributed by atoms with Crippen LogP contribution in [0.3, 0.4) is 0 Å². The molecule has 0 aromatic heterocycles. The molecule has 0 aromatic rings. The lowest BCUT2D eigenvalue weighted by atomic mass is 9.96. The van der Waals surface area contributed by atoms with E-state index >= 15 is 0 Å². The number of sulfonamides is 1. The third-order valence-corrected chi connectivity index (χ3v) is 6.13. The summed E-state index contributed by atoms with van der Waals surface area (Å²) in [5, 5.41) is 0. The van der Waals surface area contributed by atoms with Gasteiger partial charge in [-0.25, -0.2) is 12.7 Å². The Morgan fingerprint density at radius 3 is 2.45 bits per heavy atom. The van der Waals surface area contributed by atoms with E-state index in [0.29, 0.717) is 45.5 Å². The van der Waals surface area contributed by atoms with Gasteiger partial charge in [-0.1, -0.05) is 13.3 Å². The summed E-state index contributed by atoms with van der Waals surface area (Å²) < 4.78 is 30.8. The van der Waals surface area contributed by atoms with Gasteiger partial charge in [0.1, 0.15) is 0 Å². The van der Waals surface area contributed by atoms with Gasteiger partial charge >= 0.3 is 0 Å². The number of ether oxygens (including phenoxy) is 1. The molecule has 0 aromatic carbocycles. The predicted molar refractivity (Wildman–Crippen MR) is 87.1 cm³/mol. The van der Waals surface area contributed by atoms with Crippen molar-refractivity contribution in [3.05, 3.63) is 0 Å². The molecule has 0 unspecified atom stereocenters. The smallest absolute Gasteiger partial charge is 0.225 e. The van der Waals surface area contributed by atoms with E-state index < -0.39 is 10.0 Å². The number of rotatable bonds is 9. The number of piperidine rings is 1. The number of amides is 1. The first-order valence-electron chi connectivity index (χ1n) is 8.14. The maximum atomic E-state index is 12.3. The van der Waals surface area contributed by atoms with Crippen molar-refractivity contribution >= 4 is 15.9 Å². The van der Waals surface area contributed by atoms with E-state index in [-0.39, 0.29) is 17.6 Å². The van der Waals surface area contributed by atoms with Gasteiger partial charge in [0.2, 0.25) is 15.9 Å². The first-order valence-corrected chi connectivity index (χ1v) is 9.75. The molecule has 22 heavy (non-hydrogen) atoms. The van der Waals surface area contributed by atoms with Crippen molar-refractivity contribution in [2.45, 2.75) is 39.0 Å². The molecular formula is C15H30N2O4S. The first-order chi connectivity index (χ1) is 10.4. The molecule has 7 heteroatoms. The second kappa shape index (κ2) is 9.47. The van der Waals surface area contributed by atoms with E-state index in [0.717, 1.165) is 12.8 Å². The van der Waals surface area contributed by atoms with Crippen molar-refractivity contribution in [1.29, 1.82) is 0 Å². The third-order valence-electron chi connectivity index (χ3n) is 4.17. The van der Waals surface area contributed by atoms with Crippen molar-refractivity contribution < 1.29 is 17.9 Å². The lowest BCUT2D eigenvalue weighted by Crippen LogP contribution is -2.44. The fourth-order valence-corrected chi connectivity index (χ4v) is 4.38. The van der Waals surface area contributed by atoms with Gasteiger partial charge in [0, 0.05) is 46.3 Å². The van der Waals surface area contributed by atoms with Crippen molar-refractivity contribution in [2.24, 2.45) is 5.92 Å². The highest BCUT2D eigenvalue weighted by atomic mass is 32.2. The molecule has 0 saturated carbocycles. The van der Waals surface area contributed by atoms with E-state index in [4.69, 9.17) is 4.74 Å². The number of hydrogen-bond acceptors (Lipinski definition) is 4. The predicted octanol–water partition coefficient (Wildman–Crippen LogP) is 1.32.